The zero-order chi connectivity index (χ0) is 19.4. The molecule has 1 fully saturated rings. The first-order valence-electron chi connectivity index (χ1n) is 8.47. The minimum atomic E-state index is -3.92. The minimum absolute atomic E-state index is 0.0253. The average molecular weight is 393 g/mol. The lowest BCUT2D eigenvalue weighted by Gasteiger charge is -2.17. The molecule has 1 N–H and O–H groups in total. The maximum absolute atomic E-state index is 13.5. The van der Waals surface area contributed by atoms with Gasteiger partial charge in [0.2, 0.25) is 9.84 Å². The zero-order valence-corrected chi connectivity index (χ0v) is 15.6. The molecule has 1 atom stereocenters. The number of esters is 1. The van der Waals surface area contributed by atoms with Gasteiger partial charge in [0.25, 0.3) is 0 Å². The van der Waals surface area contributed by atoms with Gasteiger partial charge in [-0.25, -0.2) is 17.6 Å². The van der Waals surface area contributed by atoms with Crippen molar-refractivity contribution in [3.8, 4) is 5.75 Å². The van der Waals surface area contributed by atoms with Crippen LogP contribution >= 0.6 is 0 Å². The number of halogens is 1. The first kappa shape index (κ1) is 19.3. The highest BCUT2D eigenvalue weighted by Crippen LogP contribution is 2.34. The molecule has 0 aliphatic carbocycles. The fourth-order valence-electron chi connectivity index (χ4n) is 3.03. The van der Waals surface area contributed by atoms with Crippen molar-refractivity contribution in [3.63, 3.8) is 0 Å². The molecule has 1 saturated heterocycles. The Labute approximate surface area is 157 Å². The molecule has 6 nitrogen and oxygen atoms in total. The standard InChI is InChI=1S/C19H20FNO5S/c1-25-19(22)12-26-18-10-16(5-6-17(18)13-7-8-21-11-13)27(23,24)15-4-2-3-14(20)9-15/h2-6,9-10,13,21H,7-8,11-12H2,1H3/t13-/m1/s1. The molecule has 0 radical (unpaired) electrons. The van der Waals surface area contributed by atoms with Crippen molar-refractivity contribution in [2.24, 2.45) is 0 Å². The number of nitrogens with one attached hydrogen (secondary N) is 1. The molecule has 2 aromatic carbocycles. The molecule has 144 valence electrons. The van der Waals surface area contributed by atoms with Gasteiger partial charge in [-0.3, -0.25) is 0 Å². The van der Waals surface area contributed by atoms with E-state index >= 15 is 0 Å². The number of rotatable bonds is 6. The average Bonchev–Trinajstić information content (AvgIpc) is 3.20. The van der Waals surface area contributed by atoms with Crippen LogP contribution in [0.5, 0.6) is 5.75 Å². The van der Waals surface area contributed by atoms with Crippen LogP contribution in [-0.2, 0) is 19.4 Å². The summed E-state index contributed by atoms with van der Waals surface area (Å²) in [5, 5.41) is 3.24. The molecule has 0 saturated carbocycles. The van der Waals surface area contributed by atoms with Crippen molar-refractivity contribution in [2.75, 3.05) is 26.8 Å². The van der Waals surface area contributed by atoms with E-state index in [0.717, 1.165) is 31.1 Å². The first-order valence-corrected chi connectivity index (χ1v) is 9.95. The first-order chi connectivity index (χ1) is 12.9. The Morgan fingerprint density at radius 3 is 2.67 bits per heavy atom. The van der Waals surface area contributed by atoms with Gasteiger partial charge in [-0.1, -0.05) is 12.1 Å². The number of hydrogen-bond donors (Lipinski definition) is 1. The van der Waals surface area contributed by atoms with Crippen LogP contribution in [-0.4, -0.2) is 41.2 Å². The molecule has 0 unspecified atom stereocenters. The van der Waals surface area contributed by atoms with Crippen LogP contribution in [0.25, 0.3) is 0 Å². The van der Waals surface area contributed by atoms with E-state index in [1.807, 2.05) is 0 Å². The highest BCUT2D eigenvalue weighted by Gasteiger charge is 2.25. The molecule has 0 bridgehead atoms. The van der Waals surface area contributed by atoms with Crippen LogP contribution in [0.1, 0.15) is 17.9 Å². The van der Waals surface area contributed by atoms with Gasteiger partial charge in [-0.05, 0) is 48.9 Å². The van der Waals surface area contributed by atoms with Crippen molar-refractivity contribution in [1.82, 2.24) is 5.32 Å². The van der Waals surface area contributed by atoms with E-state index in [1.54, 1.807) is 6.07 Å². The Morgan fingerprint density at radius 2 is 2.00 bits per heavy atom. The monoisotopic (exact) mass is 393 g/mol. The highest BCUT2D eigenvalue weighted by molar-refractivity contribution is 7.91. The summed E-state index contributed by atoms with van der Waals surface area (Å²) in [6.07, 6.45) is 0.880. The second kappa shape index (κ2) is 8.06. The third-order valence-corrected chi connectivity index (χ3v) is 6.22. The van der Waals surface area contributed by atoms with Gasteiger partial charge in [0.15, 0.2) is 6.61 Å². The number of sulfone groups is 1. The second-order valence-corrected chi connectivity index (χ2v) is 8.16. The summed E-state index contributed by atoms with van der Waals surface area (Å²) >= 11 is 0. The lowest BCUT2D eigenvalue weighted by molar-refractivity contribution is -0.142. The van der Waals surface area contributed by atoms with Crippen LogP contribution in [0.4, 0.5) is 4.39 Å². The number of ether oxygens (including phenoxy) is 2. The quantitative estimate of drug-likeness (QED) is 0.759. The van der Waals surface area contributed by atoms with Crippen molar-refractivity contribution in [3.05, 3.63) is 53.8 Å². The van der Waals surface area contributed by atoms with Crippen molar-refractivity contribution in [2.45, 2.75) is 22.1 Å². The number of methoxy groups -OCH3 is 1. The molecule has 3 rings (SSSR count). The van der Waals surface area contributed by atoms with E-state index < -0.39 is 21.6 Å². The highest BCUT2D eigenvalue weighted by atomic mass is 32.2. The molecule has 0 aromatic heterocycles. The summed E-state index contributed by atoms with van der Waals surface area (Å²) in [6.45, 7) is 1.27. The summed E-state index contributed by atoms with van der Waals surface area (Å²) in [5.41, 5.74) is 0.821. The fraction of sp³-hybridized carbons (Fsp3) is 0.316. The third-order valence-electron chi connectivity index (χ3n) is 4.48. The van der Waals surface area contributed by atoms with E-state index in [9.17, 15) is 17.6 Å². The zero-order valence-electron chi connectivity index (χ0n) is 14.8. The number of hydrogen-bond acceptors (Lipinski definition) is 6. The predicted octanol–water partition coefficient (Wildman–Crippen LogP) is 2.29. The van der Waals surface area contributed by atoms with Crippen LogP contribution in [0.15, 0.2) is 52.3 Å². The van der Waals surface area contributed by atoms with Gasteiger partial charge in [0.1, 0.15) is 11.6 Å². The van der Waals surface area contributed by atoms with Gasteiger partial charge >= 0.3 is 5.97 Å². The molecule has 1 aliphatic heterocycles. The second-order valence-electron chi connectivity index (χ2n) is 6.21. The molecular weight excluding hydrogens is 373 g/mol. The van der Waals surface area contributed by atoms with Gasteiger partial charge in [-0.15, -0.1) is 0 Å². The smallest absolute Gasteiger partial charge is 0.343 e. The van der Waals surface area contributed by atoms with Crippen LogP contribution < -0.4 is 10.1 Å². The van der Waals surface area contributed by atoms with Crippen LogP contribution in [0.2, 0.25) is 0 Å². The molecule has 0 amide bonds. The third kappa shape index (κ3) is 4.28. The van der Waals surface area contributed by atoms with Gasteiger partial charge in [-0.2, -0.15) is 0 Å². The summed E-state index contributed by atoms with van der Waals surface area (Å²) in [7, 11) is -2.67. The summed E-state index contributed by atoms with van der Waals surface area (Å²) in [5.74, 6) is -0.731. The lowest BCUT2D eigenvalue weighted by Crippen LogP contribution is -2.15. The molecule has 8 heteroatoms. The lowest BCUT2D eigenvalue weighted by atomic mass is 9.97. The van der Waals surface area contributed by atoms with E-state index in [-0.39, 0.29) is 22.3 Å². The van der Waals surface area contributed by atoms with Crippen molar-refractivity contribution in [1.29, 1.82) is 0 Å². The van der Waals surface area contributed by atoms with E-state index in [2.05, 4.69) is 10.1 Å². The SMILES string of the molecule is COC(=O)COc1cc(S(=O)(=O)c2cccc(F)c2)ccc1[C@@H]1CCNC1. The molecule has 27 heavy (non-hydrogen) atoms. The molecular formula is C19H20FNO5S. The van der Waals surface area contributed by atoms with Crippen LogP contribution in [0.3, 0.4) is 0 Å². The summed E-state index contributed by atoms with van der Waals surface area (Å²) in [6, 6.07) is 9.39. The predicted molar refractivity (Wildman–Crippen MR) is 96.0 cm³/mol. The van der Waals surface area contributed by atoms with Gasteiger partial charge in [0, 0.05) is 12.5 Å². The molecule has 1 heterocycles. The topological polar surface area (TPSA) is 81.7 Å². The maximum atomic E-state index is 13.5. The molecule has 2 aromatic rings. The Kier molecular flexibility index (Phi) is 5.76. The van der Waals surface area contributed by atoms with Crippen molar-refractivity contribution < 1.29 is 27.1 Å². The Bertz CT molecular complexity index is 939. The van der Waals surface area contributed by atoms with Gasteiger partial charge < -0.3 is 14.8 Å². The van der Waals surface area contributed by atoms with E-state index in [0.29, 0.717) is 5.75 Å². The fourth-order valence-corrected chi connectivity index (χ4v) is 4.34. The molecule has 1 aliphatic rings. The van der Waals surface area contributed by atoms with Gasteiger partial charge in [0.05, 0.1) is 16.9 Å². The summed E-state index contributed by atoms with van der Waals surface area (Å²) < 4.78 is 49.3. The van der Waals surface area contributed by atoms with Crippen LogP contribution in [0, 0.1) is 5.82 Å². The number of carbonyl (C=O) groups excluding carboxylic acids is 1. The number of benzene rings is 2. The van der Waals surface area contributed by atoms with E-state index in [4.69, 9.17) is 4.74 Å². The minimum Gasteiger partial charge on any atom is -0.482 e. The largest absolute Gasteiger partial charge is 0.482 e. The number of carbonyl (C=O) groups is 1. The molecule has 0 spiro atoms. The Balaban J connectivity index is 1.99. The normalized spacial score (nSPS) is 16.9. The Hall–Kier alpha value is -2.45. The van der Waals surface area contributed by atoms with Crippen molar-refractivity contribution >= 4 is 15.8 Å². The summed E-state index contributed by atoms with van der Waals surface area (Å²) in [4.78, 5) is 11.3. The Morgan fingerprint density at radius 1 is 1.22 bits per heavy atom. The maximum Gasteiger partial charge on any atom is 0.343 e. The van der Waals surface area contributed by atoms with E-state index in [1.165, 1.54) is 37.4 Å².